The number of nitrogens with zero attached hydrogens (tertiary/aromatic N) is 1. The van der Waals surface area contributed by atoms with Crippen LogP contribution in [0.3, 0.4) is 0 Å². The van der Waals surface area contributed by atoms with Gasteiger partial charge in [-0.25, -0.2) is 12.7 Å². The first-order valence-corrected chi connectivity index (χ1v) is 9.79. The van der Waals surface area contributed by atoms with Gasteiger partial charge in [-0.3, -0.25) is 4.79 Å². The molecule has 0 radical (unpaired) electrons. The average molecular weight is 359 g/mol. The van der Waals surface area contributed by atoms with Crippen molar-refractivity contribution in [1.29, 1.82) is 0 Å². The third kappa shape index (κ3) is 4.10. The highest BCUT2D eigenvalue weighted by Crippen LogP contribution is 2.30. The Labute approximate surface area is 150 Å². The highest BCUT2D eigenvalue weighted by atomic mass is 32.2. The summed E-state index contributed by atoms with van der Waals surface area (Å²) in [7, 11) is -3.97. The van der Waals surface area contributed by atoms with Crippen LogP contribution >= 0.6 is 0 Å². The minimum Gasteiger partial charge on any atom is -0.273 e. The van der Waals surface area contributed by atoms with E-state index in [-0.39, 0.29) is 17.2 Å². The minimum atomic E-state index is -3.97. The molecule has 0 heterocycles. The van der Waals surface area contributed by atoms with Gasteiger partial charge in [0, 0.05) is 6.42 Å². The van der Waals surface area contributed by atoms with Crippen molar-refractivity contribution >= 4 is 21.6 Å². The van der Waals surface area contributed by atoms with E-state index < -0.39 is 15.9 Å². The third-order valence-electron chi connectivity index (χ3n) is 4.16. The Hall–Kier alpha value is -2.14. The molecule has 0 spiro atoms. The molecule has 0 bridgehead atoms. The molecule has 0 aliphatic rings. The molecule has 134 valence electrons. The first-order valence-electron chi connectivity index (χ1n) is 8.35. The smallest absolute Gasteiger partial charge is 0.270 e. The summed E-state index contributed by atoms with van der Waals surface area (Å²) in [6.07, 6.45) is 0.165. The summed E-state index contributed by atoms with van der Waals surface area (Å²) < 4.78 is 27.4. The summed E-state index contributed by atoms with van der Waals surface area (Å²) in [6.45, 7) is 9.44. The maximum atomic E-state index is 13.2. The van der Waals surface area contributed by atoms with E-state index >= 15 is 0 Å². The van der Waals surface area contributed by atoms with Crippen LogP contribution in [-0.2, 0) is 14.8 Å². The quantitative estimate of drug-likeness (QED) is 0.796. The highest BCUT2D eigenvalue weighted by Gasteiger charge is 2.32. The molecule has 0 aliphatic heterocycles. The molecule has 5 heteroatoms. The molecule has 2 aromatic rings. The van der Waals surface area contributed by atoms with E-state index in [1.807, 2.05) is 40.7 Å². The fourth-order valence-corrected chi connectivity index (χ4v) is 4.09. The fourth-order valence-electron chi connectivity index (χ4n) is 2.60. The van der Waals surface area contributed by atoms with Gasteiger partial charge in [-0.2, -0.15) is 0 Å². The Morgan fingerprint density at radius 2 is 1.60 bits per heavy atom. The van der Waals surface area contributed by atoms with Crippen LogP contribution in [0, 0.1) is 26.7 Å². The second-order valence-electron chi connectivity index (χ2n) is 6.79. The van der Waals surface area contributed by atoms with Gasteiger partial charge in [0.2, 0.25) is 5.91 Å². The number of amides is 1. The monoisotopic (exact) mass is 359 g/mol. The Balaban J connectivity index is 2.64. The Kier molecular flexibility index (Phi) is 5.68. The van der Waals surface area contributed by atoms with E-state index in [9.17, 15) is 13.2 Å². The lowest BCUT2D eigenvalue weighted by atomic mass is 10.1. The standard InChI is InChI=1S/C20H25NO3S/c1-14(2)13-20(22)21(19-8-6-7-16(4)17(19)5)25(23,24)18-11-9-15(3)10-12-18/h6-12,14H,13H2,1-5H3. The van der Waals surface area contributed by atoms with Crippen molar-refractivity contribution in [2.45, 2.75) is 45.9 Å². The maximum absolute atomic E-state index is 13.2. The Bertz CT molecular complexity index is 868. The molecule has 2 rings (SSSR count). The summed E-state index contributed by atoms with van der Waals surface area (Å²) in [5.74, 6) is -0.349. The molecule has 1 amide bonds. The van der Waals surface area contributed by atoms with Gasteiger partial charge >= 0.3 is 0 Å². The van der Waals surface area contributed by atoms with Crippen molar-refractivity contribution < 1.29 is 13.2 Å². The zero-order valence-electron chi connectivity index (χ0n) is 15.4. The summed E-state index contributed by atoms with van der Waals surface area (Å²) in [5, 5.41) is 0. The highest BCUT2D eigenvalue weighted by molar-refractivity contribution is 7.93. The van der Waals surface area contributed by atoms with Crippen molar-refractivity contribution in [3.05, 3.63) is 59.2 Å². The molecule has 4 nitrogen and oxygen atoms in total. The molecule has 0 saturated heterocycles. The lowest BCUT2D eigenvalue weighted by molar-refractivity contribution is -0.118. The SMILES string of the molecule is Cc1ccc(S(=O)(=O)N(C(=O)CC(C)C)c2cccc(C)c2C)cc1. The van der Waals surface area contributed by atoms with E-state index in [0.29, 0.717) is 5.69 Å². The van der Waals surface area contributed by atoms with Crippen LogP contribution in [0.15, 0.2) is 47.4 Å². The maximum Gasteiger partial charge on any atom is 0.270 e. The Morgan fingerprint density at radius 1 is 1.00 bits per heavy atom. The van der Waals surface area contributed by atoms with Crippen molar-refractivity contribution in [3.63, 3.8) is 0 Å². The zero-order chi connectivity index (χ0) is 18.8. The minimum absolute atomic E-state index is 0.0633. The molecule has 0 atom stereocenters. The van der Waals surface area contributed by atoms with Gasteiger partial charge in [0.1, 0.15) is 0 Å². The van der Waals surface area contributed by atoms with Crippen LogP contribution in [0.1, 0.15) is 37.0 Å². The van der Waals surface area contributed by atoms with Gasteiger partial charge in [0.05, 0.1) is 10.6 Å². The van der Waals surface area contributed by atoms with Gasteiger partial charge in [-0.1, -0.05) is 43.7 Å². The van der Waals surface area contributed by atoms with Crippen LogP contribution in [0.25, 0.3) is 0 Å². The normalized spacial score (nSPS) is 11.6. The number of carbonyl (C=O) groups is 1. The molecule has 0 aromatic heterocycles. The van der Waals surface area contributed by atoms with Crippen molar-refractivity contribution in [1.82, 2.24) is 0 Å². The number of benzene rings is 2. The molecule has 0 aliphatic carbocycles. The topological polar surface area (TPSA) is 54.5 Å². The van der Waals surface area contributed by atoms with E-state index in [4.69, 9.17) is 0 Å². The first-order chi connectivity index (χ1) is 11.6. The number of hydrogen-bond acceptors (Lipinski definition) is 3. The number of carbonyl (C=O) groups excluding carboxylic acids is 1. The Morgan fingerprint density at radius 3 is 2.16 bits per heavy atom. The lowest BCUT2D eigenvalue weighted by Gasteiger charge is -2.25. The van der Waals surface area contributed by atoms with Crippen LogP contribution in [0.2, 0.25) is 0 Å². The van der Waals surface area contributed by atoms with Crippen LogP contribution in [0.5, 0.6) is 0 Å². The van der Waals surface area contributed by atoms with Gasteiger partial charge in [0.25, 0.3) is 10.0 Å². The summed E-state index contributed by atoms with van der Waals surface area (Å²) in [4.78, 5) is 13.0. The van der Waals surface area contributed by atoms with Crippen LogP contribution in [0.4, 0.5) is 5.69 Å². The predicted octanol–water partition coefficient (Wildman–Crippen LogP) is 4.38. The zero-order valence-corrected chi connectivity index (χ0v) is 16.2. The van der Waals surface area contributed by atoms with E-state index in [1.54, 1.807) is 36.4 Å². The summed E-state index contributed by atoms with van der Waals surface area (Å²) >= 11 is 0. The van der Waals surface area contributed by atoms with E-state index in [2.05, 4.69) is 0 Å². The van der Waals surface area contributed by atoms with Gasteiger partial charge < -0.3 is 0 Å². The van der Waals surface area contributed by atoms with E-state index in [1.165, 1.54) is 0 Å². The first kappa shape index (κ1) is 19.2. The fraction of sp³-hybridized carbons (Fsp3) is 0.350. The second-order valence-corrected chi connectivity index (χ2v) is 8.58. The number of aryl methyl sites for hydroxylation is 2. The van der Waals surface area contributed by atoms with Crippen LogP contribution < -0.4 is 4.31 Å². The molecule has 0 fully saturated rings. The lowest BCUT2D eigenvalue weighted by Crippen LogP contribution is -2.38. The van der Waals surface area contributed by atoms with Crippen molar-refractivity contribution in [2.75, 3.05) is 4.31 Å². The molecule has 2 aromatic carbocycles. The average Bonchev–Trinajstić information content (AvgIpc) is 2.51. The second kappa shape index (κ2) is 7.40. The van der Waals surface area contributed by atoms with Gasteiger partial charge in [-0.15, -0.1) is 0 Å². The van der Waals surface area contributed by atoms with Gasteiger partial charge in [-0.05, 0) is 56.0 Å². The number of rotatable bonds is 5. The summed E-state index contributed by atoms with van der Waals surface area (Å²) in [5.41, 5.74) is 3.12. The van der Waals surface area contributed by atoms with Crippen LogP contribution in [-0.4, -0.2) is 14.3 Å². The largest absolute Gasteiger partial charge is 0.273 e. The third-order valence-corrected chi connectivity index (χ3v) is 5.91. The van der Waals surface area contributed by atoms with E-state index in [0.717, 1.165) is 21.0 Å². The van der Waals surface area contributed by atoms with Crippen molar-refractivity contribution in [3.8, 4) is 0 Å². The molecular formula is C20H25NO3S. The molecule has 0 saturated carbocycles. The molecule has 0 N–H and O–H groups in total. The van der Waals surface area contributed by atoms with Gasteiger partial charge in [0.15, 0.2) is 0 Å². The predicted molar refractivity (Wildman–Crippen MR) is 101 cm³/mol. The molecule has 0 unspecified atom stereocenters. The number of sulfonamides is 1. The number of anilines is 1. The molecule has 25 heavy (non-hydrogen) atoms. The summed E-state index contributed by atoms with van der Waals surface area (Å²) in [6, 6.07) is 11.9. The number of hydrogen-bond donors (Lipinski definition) is 0. The molecular weight excluding hydrogens is 334 g/mol. The van der Waals surface area contributed by atoms with Crippen molar-refractivity contribution in [2.24, 2.45) is 5.92 Å².